The number of carboxylic acid groups (broad SMARTS) is 1. The first-order valence-electron chi connectivity index (χ1n) is 7.19. The lowest BCUT2D eigenvalue weighted by molar-refractivity contribution is -0.143. The van der Waals surface area contributed by atoms with Crippen molar-refractivity contribution in [2.24, 2.45) is 0 Å². The molecule has 0 spiro atoms. The third-order valence-electron chi connectivity index (χ3n) is 4.06. The van der Waals surface area contributed by atoms with Gasteiger partial charge in [-0.2, -0.15) is 0 Å². The Bertz CT molecular complexity index is 881. The number of nitrogens with zero attached hydrogens (tertiary/aromatic N) is 2. The van der Waals surface area contributed by atoms with E-state index in [1.54, 1.807) is 0 Å². The first-order chi connectivity index (χ1) is 11.1. The van der Waals surface area contributed by atoms with Crippen LogP contribution >= 0.6 is 11.3 Å². The fourth-order valence-corrected chi connectivity index (χ4v) is 3.99. The van der Waals surface area contributed by atoms with Gasteiger partial charge in [-0.05, 0) is 17.5 Å². The molecule has 2 aromatic heterocycles. The average Bonchev–Trinajstić information content (AvgIpc) is 3.18. The quantitative estimate of drug-likeness (QED) is 0.757. The Hall–Kier alpha value is -2.67. The summed E-state index contributed by atoms with van der Waals surface area (Å²) in [4.78, 5) is 33.5. The Labute approximate surface area is 135 Å². The van der Waals surface area contributed by atoms with Crippen LogP contribution < -0.4 is 0 Å². The van der Waals surface area contributed by atoms with Crippen molar-refractivity contribution in [3.63, 3.8) is 0 Å². The molecule has 0 saturated carbocycles. The summed E-state index contributed by atoms with van der Waals surface area (Å²) in [5.74, 6) is -1.32. The zero-order valence-electron chi connectivity index (χ0n) is 12.0. The maximum absolute atomic E-state index is 12.9. The highest BCUT2D eigenvalue weighted by atomic mass is 32.1. The van der Waals surface area contributed by atoms with Crippen molar-refractivity contribution in [3.8, 4) is 0 Å². The van der Waals surface area contributed by atoms with Gasteiger partial charge in [0, 0.05) is 23.4 Å². The summed E-state index contributed by atoms with van der Waals surface area (Å²) in [6.07, 6.45) is 2.06. The number of fused-ring (bicyclic) bond motifs is 2. The van der Waals surface area contributed by atoms with E-state index in [1.807, 2.05) is 30.3 Å². The third kappa shape index (κ3) is 2.20. The SMILES string of the molecule is O=C(O)C1c2nc[nH]c2CCN1C(=O)c1cc2ccccc2s1. The van der Waals surface area contributed by atoms with Crippen LogP contribution in [0.25, 0.3) is 10.1 Å². The number of hydrogen-bond acceptors (Lipinski definition) is 4. The summed E-state index contributed by atoms with van der Waals surface area (Å²) in [6, 6.07) is 8.51. The normalized spacial score (nSPS) is 17.2. The van der Waals surface area contributed by atoms with Gasteiger partial charge in [0.05, 0.1) is 16.9 Å². The molecule has 7 heteroatoms. The smallest absolute Gasteiger partial charge is 0.332 e. The Morgan fingerprint density at radius 2 is 2.17 bits per heavy atom. The molecule has 0 aliphatic carbocycles. The first kappa shape index (κ1) is 14.0. The van der Waals surface area contributed by atoms with Crippen molar-refractivity contribution in [3.05, 3.63) is 52.9 Å². The molecule has 0 bridgehead atoms. The van der Waals surface area contributed by atoms with Gasteiger partial charge in [-0.15, -0.1) is 11.3 Å². The number of thiophene rings is 1. The molecule has 23 heavy (non-hydrogen) atoms. The summed E-state index contributed by atoms with van der Waals surface area (Å²) in [6.45, 7) is 0.360. The zero-order valence-corrected chi connectivity index (χ0v) is 12.8. The highest BCUT2D eigenvalue weighted by Crippen LogP contribution is 2.32. The van der Waals surface area contributed by atoms with E-state index in [4.69, 9.17) is 0 Å². The molecule has 1 aliphatic rings. The van der Waals surface area contributed by atoms with E-state index in [2.05, 4.69) is 9.97 Å². The van der Waals surface area contributed by atoms with Crippen molar-refractivity contribution in [2.75, 3.05) is 6.54 Å². The van der Waals surface area contributed by atoms with Crippen molar-refractivity contribution >= 4 is 33.3 Å². The van der Waals surface area contributed by atoms with Gasteiger partial charge >= 0.3 is 5.97 Å². The maximum atomic E-state index is 12.9. The molecule has 2 N–H and O–H groups in total. The molecule has 3 heterocycles. The van der Waals surface area contributed by atoms with Crippen LogP contribution in [0.2, 0.25) is 0 Å². The van der Waals surface area contributed by atoms with E-state index in [0.717, 1.165) is 15.8 Å². The van der Waals surface area contributed by atoms with Crippen LogP contribution in [-0.2, 0) is 11.2 Å². The number of aromatic amines is 1. The summed E-state index contributed by atoms with van der Waals surface area (Å²) in [7, 11) is 0. The number of amides is 1. The Balaban J connectivity index is 1.74. The van der Waals surface area contributed by atoms with Gasteiger partial charge in [0.2, 0.25) is 0 Å². The zero-order chi connectivity index (χ0) is 16.0. The number of H-pyrrole nitrogens is 1. The number of carboxylic acids is 1. The maximum Gasteiger partial charge on any atom is 0.332 e. The third-order valence-corrected chi connectivity index (χ3v) is 5.16. The van der Waals surface area contributed by atoms with E-state index in [0.29, 0.717) is 23.5 Å². The standard InChI is InChI=1S/C16H13N3O3S/c20-15(12-7-9-3-1-2-4-11(9)23-12)19-6-5-10-13(18-8-17-10)14(19)16(21)22/h1-4,7-8,14H,5-6H2,(H,17,18)(H,21,22). The molecule has 1 amide bonds. The number of hydrogen-bond donors (Lipinski definition) is 2. The average molecular weight is 327 g/mol. The number of aliphatic carboxylic acids is 1. The Kier molecular flexibility index (Phi) is 3.16. The van der Waals surface area contributed by atoms with Crippen LogP contribution in [0.15, 0.2) is 36.7 Å². The molecule has 116 valence electrons. The molecule has 1 unspecified atom stereocenters. The Morgan fingerprint density at radius 1 is 1.35 bits per heavy atom. The number of benzene rings is 1. The summed E-state index contributed by atoms with van der Waals surface area (Å²) >= 11 is 1.38. The van der Waals surface area contributed by atoms with Gasteiger partial charge in [0.25, 0.3) is 5.91 Å². The summed E-state index contributed by atoms with van der Waals surface area (Å²) < 4.78 is 1.01. The molecule has 1 atom stereocenters. The van der Waals surface area contributed by atoms with Crippen LogP contribution in [0.1, 0.15) is 27.1 Å². The lowest BCUT2D eigenvalue weighted by Gasteiger charge is -2.31. The fourth-order valence-electron chi connectivity index (χ4n) is 2.97. The molecule has 4 rings (SSSR count). The first-order valence-corrected chi connectivity index (χ1v) is 8.01. The van der Waals surface area contributed by atoms with Gasteiger partial charge in [-0.1, -0.05) is 18.2 Å². The topological polar surface area (TPSA) is 86.3 Å². The molecule has 0 fully saturated rings. The van der Waals surface area contributed by atoms with Crippen LogP contribution in [0.3, 0.4) is 0 Å². The molecular formula is C16H13N3O3S. The number of aromatic nitrogens is 2. The minimum atomic E-state index is -1.06. The van der Waals surface area contributed by atoms with Gasteiger partial charge in [-0.25, -0.2) is 9.78 Å². The summed E-state index contributed by atoms with van der Waals surface area (Å²) in [5.41, 5.74) is 1.22. The van der Waals surface area contributed by atoms with Crippen LogP contribution in [0.5, 0.6) is 0 Å². The lowest BCUT2D eigenvalue weighted by Crippen LogP contribution is -2.43. The number of imidazole rings is 1. The van der Waals surface area contributed by atoms with E-state index in [-0.39, 0.29) is 5.91 Å². The molecule has 1 aromatic carbocycles. The van der Waals surface area contributed by atoms with E-state index in [9.17, 15) is 14.7 Å². The molecule has 0 radical (unpaired) electrons. The van der Waals surface area contributed by atoms with Gasteiger partial charge in [0.15, 0.2) is 6.04 Å². The molecule has 1 aliphatic heterocycles. The van der Waals surface area contributed by atoms with E-state index >= 15 is 0 Å². The molecule has 0 saturated heterocycles. The van der Waals surface area contributed by atoms with E-state index < -0.39 is 12.0 Å². The second-order valence-corrected chi connectivity index (χ2v) is 6.49. The summed E-state index contributed by atoms with van der Waals surface area (Å²) in [5, 5.41) is 10.6. The predicted molar refractivity (Wildman–Crippen MR) is 85.5 cm³/mol. The number of carbonyl (C=O) groups excluding carboxylic acids is 1. The van der Waals surface area contributed by atoms with Gasteiger partial charge in [0.1, 0.15) is 0 Å². The fraction of sp³-hybridized carbons (Fsp3) is 0.188. The molecular weight excluding hydrogens is 314 g/mol. The largest absolute Gasteiger partial charge is 0.479 e. The van der Waals surface area contributed by atoms with Crippen LogP contribution in [0, 0.1) is 0 Å². The van der Waals surface area contributed by atoms with Crippen molar-refractivity contribution in [1.82, 2.24) is 14.9 Å². The molecule has 6 nitrogen and oxygen atoms in total. The number of rotatable bonds is 2. The highest BCUT2D eigenvalue weighted by Gasteiger charge is 2.38. The van der Waals surface area contributed by atoms with Crippen LogP contribution in [-0.4, -0.2) is 38.4 Å². The minimum absolute atomic E-state index is 0.257. The minimum Gasteiger partial charge on any atom is -0.479 e. The predicted octanol–water partition coefficient (Wildman–Crippen LogP) is 2.45. The number of carbonyl (C=O) groups is 2. The lowest BCUT2D eigenvalue weighted by atomic mass is 10.0. The second-order valence-electron chi connectivity index (χ2n) is 5.40. The van der Waals surface area contributed by atoms with Crippen molar-refractivity contribution < 1.29 is 14.7 Å². The highest BCUT2D eigenvalue weighted by molar-refractivity contribution is 7.20. The monoisotopic (exact) mass is 327 g/mol. The second kappa shape index (κ2) is 5.20. The Morgan fingerprint density at radius 3 is 2.96 bits per heavy atom. The van der Waals surface area contributed by atoms with E-state index in [1.165, 1.54) is 22.6 Å². The van der Waals surface area contributed by atoms with Crippen molar-refractivity contribution in [2.45, 2.75) is 12.5 Å². The van der Waals surface area contributed by atoms with Gasteiger partial charge < -0.3 is 15.0 Å². The molecule has 3 aromatic rings. The number of nitrogens with one attached hydrogen (secondary N) is 1. The van der Waals surface area contributed by atoms with Crippen LogP contribution in [0.4, 0.5) is 0 Å². The van der Waals surface area contributed by atoms with Crippen molar-refractivity contribution in [1.29, 1.82) is 0 Å². The van der Waals surface area contributed by atoms with Gasteiger partial charge in [-0.3, -0.25) is 4.79 Å².